The maximum Gasteiger partial charge on any atom is 0.304 e. The van der Waals surface area contributed by atoms with Crippen molar-refractivity contribution >= 4 is 43.2 Å². The van der Waals surface area contributed by atoms with E-state index < -0.39 is 5.97 Å². The standard InChI is InChI=1S/C10H21N3O2.3ClH/c11-3-1-4-12-6-8-13(9-7-12)5-2-10(14)15;;;/h1-9,11H2,(H,14,15);3*1H. The molecule has 0 aromatic rings. The molecular weight excluding hydrogens is 300 g/mol. The maximum atomic E-state index is 10.4. The second-order valence-corrected chi connectivity index (χ2v) is 3.97. The summed E-state index contributed by atoms with van der Waals surface area (Å²) in [6.45, 7) is 6.55. The summed E-state index contributed by atoms with van der Waals surface area (Å²) in [4.78, 5) is 15.0. The van der Waals surface area contributed by atoms with Gasteiger partial charge in [-0.3, -0.25) is 4.79 Å². The van der Waals surface area contributed by atoms with Crippen LogP contribution < -0.4 is 5.73 Å². The molecule has 0 spiro atoms. The van der Waals surface area contributed by atoms with Gasteiger partial charge in [-0.05, 0) is 19.5 Å². The van der Waals surface area contributed by atoms with Gasteiger partial charge in [0.2, 0.25) is 0 Å². The Labute approximate surface area is 127 Å². The summed E-state index contributed by atoms with van der Waals surface area (Å²) in [7, 11) is 0. The zero-order chi connectivity index (χ0) is 11.1. The number of nitrogens with zero attached hydrogens (tertiary/aromatic N) is 2. The quantitative estimate of drug-likeness (QED) is 0.752. The Morgan fingerprint density at radius 3 is 1.83 bits per heavy atom. The Bertz CT molecular complexity index is 203. The van der Waals surface area contributed by atoms with Crippen LogP contribution in [-0.4, -0.2) is 66.7 Å². The van der Waals surface area contributed by atoms with E-state index in [-0.39, 0.29) is 43.6 Å². The van der Waals surface area contributed by atoms with Gasteiger partial charge in [0, 0.05) is 32.7 Å². The van der Waals surface area contributed by atoms with Crippen LogP contribution >= 0.6 is 37.2 Å². The molecule has 0 saturated carbocycles. The van der Waals surface area contributed by atoms with Crippen molar-refractivity contribution in [2.75, 3.05) is 45.8 Å². The zero-order valence-electron chi connectivity index (χ0n) is 10.4. The number of hydrogen-bond donors (Lipinski definition) is 2. The van der Waals surface area contributed by atoms with Gasteiger partial charge < -0.3 is 20.6 Å². The topological polar surface area (TPSA) is 69.8 Å². The average molecular weight is 325 g/mol. The molecule has 1 aliphatic rings. The number of hydrogen-bond acceptors (Lipinski definition) is 4. The number of halogens is 3. The van der Waals surface area contributed by atoms with E-state index in [4.69, 9.17) is 10.8 Å². The number of nitrogens with two attached hydrogens (primary N) is 1. The molecule has 1 heterocycles. The van der Waals surface area contributed by atoms with Crippen molar-refractivity contribution in [2.24, 2.45) is 5.73 Å². The first-order valence-corrected chi connectivity index (χ1v) is 5.59. The zero-order valence-corrected chi connectivity index (χ0v) is 12.9. The highest BCUT2D eigenvalue weighted by Crippen LogP contribution is 2.02. The van der Waals surface area contributed by atoms with Gasteiger partial charge in [-0.15, -0.1) is 37.2 Å². The Balaban J connectivity index is -0.000000750. The summed E-state index contributed by atoms with van der Waals surface area (Å²) in [5.41, 5.74) is 5.45. The van der Waals surface area contributed by atoms with Crippen molar-refractivity contribution < 1.29 is 9.90 Å². The minimum Gasteiger partial charge on any atom is -0.481 e. The fraction of sp³-hybridized carbons (Fsp3) is 0.900. The molecule has 0 amide bonds. The molecule has 0 atom stereocenters. The number of piperazine rings is 1. The highest BCUT2D eigenvalue weighted by molar-refractivity contribution is 5.86. The normalized spacial score (nSPS) is 16.1. The van der Waals surface area contributed by atoms with Gasteiger partial charge in [0.25, 0.3) is 0 Å². The van der Waals surface area contributed by atoms with E-state index >= 15 is 0 Å². The second-order valence-electron chi connectivity index (χ2n) is 3.97. The molecule has 0 aromatic heterocycles. The molecule has 18 heavy (non-hydrogen) atoms. The van der Waals surface area contributed by atoms with Crippen molar-refractivity contribution in [1.82, 2.24) is 9.80 Å². The number of rotatable bonds is 6. The van der Waals surface area contributed by atoms with E-state index in [9.17, 15) is 4.79 Å². The van der Waals surface area contributed by atoms with E-state index in [1.807, 2.05) is 0 Å². The van der Waals surface area contributed by atoms with Crippen molar-refractivity contribution in [2.45, 2.75) is 12.8 Å². The van der Waals surface area contributed by atoms with Crippen LogP contribution in [0.5, 0.6) is 0 Å². The third-order valence-electron chi connectivity index (χ3n) is 2.79. The lowest BCUT2D eigenvalue weighted by Crippen LogP contribution is -2.47. The molecule has 1 saturated heterocycles. The first-order chi connectivity index (χ1) is 7.22. The van der Waals surface area contributed by atoms with Crippen LogP contribution in [0.4, 0.5) is 0 Å². The summed E-state index contributed by atoms with van der Waals surface area (Å²) in [6, 6.07) is 0. The molecule has 0 bridgehead atoms. The predicted octanol–water partition coefficient (Wildman–Crippen LogP) is 0.693. The second kappa shape index (κ2) is 13.6. The molecule has 0 unspecified atom stereocenters. The number of carbonyl (C=O) groups is 1. The monoisotopic (exact) mass is 323 g/mol. The smallest absolute Gasteiger partial charge is 0.304 e. The molecule has 112 valence electrons. The minimum atomic E-state index is -0.708. The lowest BCUT2D eigenvalue weighted by atomic mass is 10.2. The van der Waals surface area contributed by atoms with Gasteiger partial charge in [0.1, 0.15) is 0 Å². The third-order valence-corrected chi connectivity index (χ3v) is 2.79. The lowest BCUT2D eigenvalue weighted by molar-refractivity contribution is -0.137. The highest BCUT2D eigenvalue weighted by Gasteiger charge is 2.16. The van der Waals surface area contributed by atoms with Crippen molar-refractivity contribution in [1.29, 1.82) is 0 Å². The van der Waals surface area contributed by atoms with Crippen molar-refractivity contribution in [3.63, 3.8) is 0 Å². The van der Waals surface area contributed by atoms with Gasteiger partial charge in [-0.25, -0.2) is 0 Å². The van der Waals surface area contributed by atoms with Crippen LogP contribution in [0.1, 0.15) is 12.8 Å². The van der Waals surface area contributed by atoms with E-state index in [1.165, 1.54) is 0 Å². The van der Waals surface area contributed by atoms with Gasteiger partial charge in [-0.1, -0.05) is 0 Å². The average Bonchev–Trinajstić information content (AvgIpc) is 2.25. The Hall–Kier alpha value is 0.220. The molecule has 1 rings (SSSR count). The van der Waals surface area contributed by atoms with Crippen LogP contribution in [0, 0.1) is 0 Å². The molecule has 5 nitrogen and oxygen atoms in total. The fourth-order valence-corrected chi connectivity index (χ4v) is 1.81. The fourth-order valence-electron chi connectivity index (χ4n) is 1.81. The Morgan fingerprint density at radius 1 is 1.00 bits per heavy atom. The Morgan fingerprint density at radius 2 is 1.44 bits per heavy atom. The van der Waals surface area contributed by atoms with Gasteiger partial charge in [0.15, 0.2) is 0 Å². The molecule has 1 aliphatic heterocycles. The van der Waals surface area contributed by atoms with Crippen LogP contribution in [0.15, 0.2) is 0 Å². The first-order valence-electron chi connectivity index (χ1n) is 5.59. The van der Waals surface area contributed by atoms with Crippen LogP contribution in [0.2, 0.25) is 0 Å². The van der Waals surface area contributed by atoms with Crippen LogP contribution in [0.25, 0.3) is 0 Å². The molecule has 0 aromatic carbocycles. The van der Waals surface area contributed by atoms with Gasteiger partial charge in [-0.2, -0.15) is 0 Å². The molecule has 0 radical (unpaired) electrons. The SMILES string of the molecule is Cl.Cl.Cl.NCCCN1CCN(CCC(=O)O)CC1. The summed E-state index contributed by atoms with van der Waals surface area (Å²) < 4.78 is 0. The summed E-state index contributed by atoms with van der Waals surface area (Å²) in [5.74, 6) is -0.708. The molecule has 1 fully saturated rings. The Kier molecular flexibility index (Phi) is 17.7. The van der Waals surface area contributed by atoms with Crippen LogP contribution in [0.3, 0.4) is 0 Å². The molecule has 8 heteroatoms. The van der Waals surface area contributed by atoms with E-state index in [2.05, 4.69) is 9.80 Å². The number of aliphatic carboxylic acids is 1. The van der Waals surface area contributed by atoms with Crippen LogP contribution in [-0.2, 0) is 4.79 Å². The maximum absolute atomic E-state index is 10.4. The molecule has 0 aliphatic carbocycles. The van der Waals surface area contributed by atoms with Crippen molar-refractivity contribution in [3.05, 3.63) is 0 Å². The van der Waals surface area contributed by atoms with E-state index in [0.717, 1.165) is 45.7 Å². The summed E-state index contributed by atoms with van der Waals surface area (Å²) >= 11 is 0. The molecular formula is C10H24Cl3N3O2. The minimum absolute atomic E-state index is 0. The summed E-state index contributed by atoms with van der Waals surface area (Å²) in [5, 5.41) is 8.56. The third kappa shape index (κ3) is 10.2. The van der Waals surface area contributed by atoms with Gasteiger partial charge in [0.05, 0.1) is 6.42 Å². The number of carboxylic acid groups (broad SMARTS) is 1. The highest BCUT2D eigenvalue weighted by atomic mass is 35.5. The summed E-state index contributed by atoms with van der Waals surface area (Å²) in [6.07, 6.45) is 1.30. The van der Waals surface area contributed by atoms with E-state index in [1.54, 1.807) is 0 Å². The lowest BCUT2D eigenvalue weighted by Gasteiger charge is -2.34. The van der Waals surface area contributed by atoms with E-state index in [0.29, 0.717) is 6.54 Å². The first kappa shape index (κ1) is 23.3. The largest absolute Gasteiger partial charge is 0.481 e. The van der Waals surface area contributed by atoms with Crippen molar-refractivity contribution in [3.8, 4) is 0 Å². The predicted molar refractivity (Wildman–Crippen MR) is 80.5 cm³/mol. The number of carboxylic acids is 1. The van der Waals surface area contributed by atoms with Gasteiger partial charge >= 0.3 is 5.97 Å². The molecule has 3 N–H and O–H groups in total.